The molecule has 4 heteroatoms. The summed E-state index contributed by atoms with van der Waals surface area (Å²) in [5.74, 6) is 0.458. The Morgan fingerprint density at radius 2 is 2.11 bits per heavy atom. The van der Waals surface area contributed by atoms with Gasteiger partial charge in [0.2, 0.25) is 5.91 Å². The van der Waals surface area contributed by atoms with Crippen LogP contribution in [0.2, 0.25) is 0 Å². The van der Waals surface area contributed by atoms with Crippen molar-refractivity contribution in [2.45, 2.75) is 44.7 Å². The first-order valence-electron chi connectivity index (χ1n) is 6.65. The van der Waals surface area contributed by atoms with Crippen LogP contribution in [0.15, 0.2) is 17.5 Å². The standard InChI is InChI=1S/C14H22N2OS/c1-10(13-4-3-9-18-13)16(2)14(17)11-5-7-12(15)8-6-11/h3-4,9-12H,5-8,15H2,1-2H3. The summed E-state index contributed by atoms with van der Waals surface area (Å²) in [5.41, 5.74) is 5.89. The lowest BCUT2D eigenvalue weighted by Crippen LogP contribution is -2.38. The quantitative estimate of drug-likeness (QED) is 0.914. The maximum absolute atomic E-state index is 12.4. The number of nitrogens with zero attached hydrogens (tertiary/aromatic N) is 1. The summed E-state index contributed by atoms with van der Waals surface area (Å²) < 4.78 is 0. The number of hydrogen-bond acceptors (Lipinski definition) is 3. The molecule has 0 spiro atoms. The van der Waals surface area contributed by atoms with Crippen LogP contribution in [-0.4, -0.2) is 23.9 Å². The van der Waals surface area contributed by atoms with Gasteiger partial charge in [0.05, 0.1) is 6.04 Å². The normalized spacial score (nSPS) is 25.7. The Labute approximate surface area is 113 Å². The van der Waals surface area contributed by atoms with Gasteiger partial charge in [-0.25, -0.2) is 0 Å². The molecule has 2 N–H and O–H groups in total. The summed E-state index contributed by atoms with van der Waals surface area (Å²) in [6.07, 6.45) is 3.86. The van der Waals surface area contributed by atoms with E-state index < -0.39 is 0 Å². The highest BCUT2D eigenvalue weighted by Gasteiger charge is 2.29. The van der Waals surface area contributed by atoms with Gasteiger partial charge in [-0.3, -0.25) is 4.79 Å². The summed E-state index contributed by atoms with van der Waals surface area (Å²) >= 11 is 1.71. The molecule has 1 aromatic heterocycles. The van der Waals surface area contributed by atoms with E-state index in [-0.39, 0.29) is 17.9 Å². The third-order valence-corrected chi connectivity index (χ3v) is 5.05. The first-order valence-corrected chi connectivity index (χ1v) is 7.53. The molecule has 3 nitrogen and oxygen atoms in total. The van der Waals surface area contributed by atoms with Gasteiger partial charge in [0.25, 0.3) is 0 Å². The summed E-state index contributed by atoms with van der Waals surface area (Å²) in [6.45, 7) is 2.10. The van der Waals surface area contributed by atoms with Crippen LogP contribution in [0.5, 0.6) is 0 Å². The molecule has 1 aliphatic carbocycles. The minimum absolute atomic E-state index is 0.174. The third kappa shape index (κ3) is 2.93. The highest BCUT2D eigenvalue weighted by molar-refractivity contribution is 7.10. The number of carbonyl (C=O) groups is 1. The maximum atomic E-state index is 12.4. The van der Waals surface area contributed by atoms with Crippen molar-refractivity contribution in [2.75, 3.05) is 7.05 Å². The van der Waals surface area contributed by atoms with E-state index in [0.29, 0.717) is 6.04 Å². The second-order valence-electron chi connectivity index (χ2n) is 5.25. The Balaban J connectivity index is 1.96. The van der Waals surface area contributed by atoms with Gasteiger partial charge in [0.1, 0.15) is 0 Å². The second-order valence-corrected chi connectivity index (χ2v) is 6.23. The van der Waals surface area contributed by atoms with Crippen molar-refractivity contribution in [3.63, 3.8) is 0 Å². The molecule has 1 heterocycles. The monoisotopic (exact) mass is 266 g/mol. The van der Waals surface area contributed by atoms with Crippen molar-refractivity contribution in [1.29, 1.82) is 0 Å². The average molecular weight is 266 g/mol. The van der Waals surface area contributed by atoms with E-state index in [2.05, 4.69) is 18.4 Å². The summed E-state index contributed by atoms with van der Waals surface area (Å²) in [5, 5.41) is 2.06. The molecule has 1 fully saturated rings. The Morgan fingerprint density at radius 3 is 2.67 bits per heavy atom. The topological polar surface area (TPSA) is 46.3 Å². The third-order valence-electron chi connectivity index (χ3n) is 4.00. The molecular weight excluding hydrogens is 244 g/mol. The molecule has 1 unspecified atom stereocenters. The second kappa shape index (κ2) is 5.85. The fourth-order valence-electron chi connectivity index (χ4n) is 2.56. The summed E-state index contributed by atoms with van der Waals surface area (Å²) in [7, 11) is 1.92. The van der Waals surface area contributed by atoms with Crippen LogP contribution in [0.1, 0.15) is 43.5 Å². The number of rotatable bonds is 3. The molecule has 1 aromatic rings. The minimum Gasteiger partial charge on any atom is -0.338 e. The molecule has 0 saturated heterocycles. The van der Waals surface area contributed by atoms with Crippen LogP contribution < -0.4 is 5.73 Å². The zero-order valence-electron chi connectivity index (χ0n) is 11.1. The van der Waals surface area contributed by atoms with E-state index in [1.807, 2.05) is 18.0 Å². The van der Waals surface area contributed by atoms with Crippen LogP contribution >= 0.6 is 11.3 Å². The van der Waals surface area contributed by atoms with Crippen LogP contribution in [-0.2, 0) is 4.79 Å². The fourth-order valence-corrected chi connectivity index (χ4v) is 3.39. The lowest BCUT2D eigenvalue weighted by Gasteiger charge is -2.31. The fraction of sp³-hybridized carbons (Fsp3) is 0.643. The Kier molecular flexibility index (Phi) is 4.40. The van der Waals surface area contributed by atoms with E-state index >= 15 is 0 Å². The van der Waals surface area contributed by atoms with Gasteiger partial charge < -0.3 is 10.6 Å². The number of thiophene rings is 1. The van der Waals surface area contributed by atoms with Crippen molar-refractivity contribution in [2.24, 2.45) is 11.7 Å². The van der Waals surface area contributed by atoms with Gasteiger partial charge in [-0.2, -0.15) is 0 Å². The molecule has 0 aromatic carbocycles. The van der Waals surface area contributed by atoms with Crippen LogP contribution in [0.3, 0.4) is 0 Å². The predicted octanol–water partition coefficient (Wildman–Crippen LogP) is 2.79. The SMILES string of the molecule is CC(c1cccs1)N(C)C(=O)C1CCC(N)CC1. The van der Waals surface area contributed by atoms with Gasteiger partial charge in [0, 0.05) is 23.9 Å². The van der Waals surface area contributed by atoms with Gasteiger partial charge >= 0.3 is 0 Å². The molecule has 0 radical (unpaired) electrons. The van der Waals surface area contributed by atoms with Crippen LogP contribution in [0, 0.1) is 5.92 Å². The van der Waals surface area contributed by atoms with Crippen molar-refractivity contribution < 1.29 is 4.79 Å². The van der Waals surface area contributed by atoms with Crippen molar-refractivity contribution >= 4 is 17.2 Å². The van der Waals surface area contributed by atoms with Crippen LogP contribution in [0.25, 0.3) is 0 Å². The number of amides is 1. The Morgan fingerprint density at radius 1 is 1.44 bits per heavy atom. The minimum atomic E-state index is 0.174. The van der Waals surface area contributed by atoms with Gasteiger partial charge in [-0.1, -0.05) is 6.07 Å². The molecule has 0 aliphatic heterocycles. The van der Waals surface area contributed by atoms with E-state index in [9.17, 15) is 4.79 Å². The molecule has 1 atom stereocenters. The first kappa shape index (κ1) is 13.6. The van der Waals surface area contributed by atoms with Gasteiger partial charge in [0.15, 0.2) is 0 Å². The van der Waals surface area contributed by atoms with Crippen LogP contribution in [0.4, 0.5) is 0 Å². The lowest BCUT2D eigenvalue weighted by atomic mass is 9.85. The van der Waals surface area contributed by atoms with Gasteiger partial charge in [-0.05, 0) is 44.1 Å². The highest BCUT2D eigenvalue weighted by atomic mass is 32.1. The van der Waals surface area contributed by atoms with E-state index in [4.69, 9.17) is 5.73 Å². The van der Waals surface area contributed by atoms with Crippen molar-refractivity contribution in [3.8, 4) is 0 Å². The van der Waals surface area contributed by atoms with E-state index in [0.717, 1.165) is 25.7 Å². The first-order chi connectivity index (χ1) is 8.59. The number of nitrogens with two attached hydrogens (primary N) is 1. The molecule has 1 amide bonds. The Hall–Kier alpha value is -0.870. The highest BCUT2D eigenvalue weighted by Crippen LogP contribution is 2.29. The van der Waals surface area contributed by atoms with E-state index in [1.165, 1.54) is 4.88 Å². The average Bonchev–Trinajstić information content (AvgIpc) is 2.91. The zero-order valence-corrected chi connectivity index (χ0v) is 12.0. The molecule has 18 heavy (non-hydrogen) atoms. The lowest BCUT2D eigenvalue weighted by molar-refractivity contribution is -0.137. The molecule has 2 rings (SSSR count). The smallest absolute Gasteiger partial charge is 0.225 e. The number of carbonyl (C=O) groups excluding carboxylic acids is 1. The molecule has 1 aliphatic rings. The zero-order chi connectivity index (χ0) is 13.1. The van der Waals surface area contributed by atoms with E-state index in [1.54, 1.807) is 11.3 Å². The molecule has 1 saturated carbocycles. The summed E-state index contributed by atoms with van der Waals surface area (Å²) in [4.78, 5) is 15.6. The predicted molar refractivity (Wildman–Crippen MR) is 75.4 cm³/mol. The largest absolute Gasteiger partial charge is 0.338 e. The summed E-state index contributed by atoms with van der Waals surface area (Å²) in [6, 6.07) is 4.60. The molecule has 100 valence electrons. The van der Waals surface area contributed by atoms with Gasteiger partial charge in [-0.15, -0.1) is 11.3 Å². The van der Waals surface area contributed by atoms with Crippen molar-refractivity contribution in [1.82, 2.24) is 4.90 Å². The maximum Gasteiger partial charge on any atom is 0.225 e. The Bertz CT molecular complexity index is 383. The number of hydrogen-bond donors (Lipinski definition) is 1. The van der Waals surface area contributed by atoms with Crippen molar-refractivity contribution in [3.05, 3.63) is 22.4 Å². The molecule has 0 bridgehead atoms. The molecular formula is C14H22N2OS.